The molecular weight excluding hydrogens is 286 g/mol. The highest BCUT2D eigenvalue weighted by Gasteiger charge is 2.58. The maximum atomic E-state index is 11.8. The van der Waals surface area contributed by atoms with Gasteiger partial charge in [0.2, 0.25) is 0 Å². The third-order valence-corrected chi connectivity index (χ3v) is 5.18. The molecule has 1 aliphatic carbocycles. The van der Waals surface area contributed by atoms with Gasteiger partial charge in [0.1, 0.15) is 5.60 Å². The van der Waals surface area contributed by atoms with Gasteiger partial charge in [0.15, 0.2) is 5.13 Å². The third kappa shape index (κ3) is 3.37. The van der Waals surface area contributed by atoms with E-state index in [0.29, 0.717) is 23.5 Å². The van der Waals surface area contributed by atoms with Gasteiger partial charge < -0.3 is 10.5 Å². The Kier molecular flexibility index (Phi) is 4.06. The van der Waals surface area contributed by atoms with Crippen LogP contribution in [0.25, 0.3) is 0 Å². The second-order valence-electron chi connectivity index (χ2n) is 7.24. The van der Waals surface area contributed by atoms with Crippen molar-refractivity contribution in [1.82, 2.24) is 4.98 Å². The summed E-state index contributed by atoms with van der Waals surface area (Å²) in [6.07, 6.45) is -0.465. The van der Waals surface area contributed by atoms with Crippen LogP contribution < -0.4 is 11.1 Å². The van der Waals surface area contributed by atoms with Gasteiger partial charge in [-0.15, -0.1) is 11.3 Å². The SMILES string of the molecule is Cc1nc(NC(=O)OC(C)(C)C)sc1[C@H]1[C@H](CN)C1(C)C. The number of nitrogens with zero attached hydrogens (tertiary/aromatic N) is 1. The van der Waals surface area contributed by atoms with Crippen LogP contribution in [0, 0.1) is 18.3 Å². The Balaban J connectivity index is 2.09. The summed E-state index contributed by atoms with van der Waals surface area (Å²) >= 11 is 1.53. The lowest BCUT2D eigenvalue weighted by Gasteiger charge is -2.18. The van der Waals surface area contributed by atoms with Gasteiger partial charge in [-0.05, 0) is 45.6 Å². The monoisotopic (exact) mass is 311 g/mol. The van der Waals surface area contributed by atoms with Gasteiger partial charge in [0, 0.05) is 10.8 Å². The van der Waals surface area contributed by atoms with E-state index in [4.69, 9.17) is 10.5 Å². The predicted molar refractivity (Wildman–Crippen MR) is 85.8 cm³/mol. The third-order valence-electron chi connectivity index (χ3n) is 4.03. The molecule has 1 aliphatic rings. The molecule has 2 atom stereocenters. The van der Waals surface area contributed by atoms with Crippen molar-refractivity contribution in [3.8, 4) is 0 Å². The van der Waals surface area contributed by atoms with Crippen molar-refractivity contribution in [1.29, 1.82) is 0 Å². The first-order chi connectivity index (χ1) is 9.56. The second kappa shape index (κ2) is 5.25. The van der Waals surface area contributed by atoms with Gasteiger partial charge in [-0.3, -0.25) is 5.32 Å². The highest BCUT2D eigenvalue weighted by molar-refractivity contribution is 7.16. The number of aryl methyl sites for hydroxylation is 1. The van der Waals surface area contributed by atoms with Crippen molar-refractivity contribution in [2.24, 2.45) is 17.1 Å². The first-order valence-corrected chi connectivity index (χ1v) is 8.05. The zero-order chi connectivity index (χ0) is 16.0. The molecule has 1 aromatic rings. The van der Waals surface area contributed by atoms with Crippen LogP contribution in [-0.4, -0.2) is 23.2 Å². The predicted octanol–water partition coefficient (Wildman–Crippen LogP) is 3.50. The van der Waals surface area contributed by atoms with Crippen LogP contribution in [0.1, 0.15) is 51.1 Å². The van der Waals surface area contributed by atoms with Crippen molar-refractivity contribution in [3.05, 3.63) is 10.6 Å². The maximum absolute atomic E-state index is 11.8. The van der Waals surface area contributed by atoms with Crippen LogP contribution >= 0.6 is 11.3 Å². The Bertz CT molecular complexity index is 546. The molecule has 6 heteroatoms. The van der Waals surface area contributed by atoms with Gasteiger partial charge in [0.25, 0.3) is 0 Å². The molecule has 1 heterocycles. The average molecular weight is 311 g/mol. The molecule has 1 saturated carbocycles. The number of amides is 1. The summed E-state index contributed by atoms with van der Waals surface area (Å²) in [5.41, 5.74) is 6.52. The van der Waals surface area contributed by atoms with Crippen molar-refractivity contribution >= 4 is 22.6 Å². The molecule has 21 heavy (non-hydrogen) atoms. The van der Waals surface area contributed by atoms with Crippen LogP contribution in [0.4, 0.5) is 9.93 Å². The molecule has 0 spiro atoms. The molecule has 0 radical (unpaired) electrons. The van der Waals surface area contributed by atoms with E-state index in [1.54, 1.807) is 0 Å². The molecule has 1 amide bonds. The number of carbonyl (C=O) groups excluding carboxylic acids is 1. The number of hydrogen-bond donors (Lipinski definition) is 2. The topological polar surface area (TPSA) is 77.2 Å². The average Bonchev–Trinajstić information content (AvgIpc) is 2.64. The smallest absolute Gasteiger partial charge is 0.413 e. The van der Waals surface area contributed by atoms with E-state index in [-0.39, 0.29) is 5.41 Å². The highest BCUT2D eigenvalue weighted by Crippen LogP contribution is 2.65. The minimum Gasteiger partial charge on any atom is -0.444 e. The van der Waals surface area contributed by atoms with Crippen LogP contribution in [0.15, 0.2) is 0 Å². The first-order valence-electron chi connectivity index (χ1n) is 7.23. The van der Waals surface area contributed by atoms with Gasteiger partial charge >= 0.3 is 6.09 Å². The Morgan fingerprint density at radius 2 is 2.10 bits per heavy atom. The van der Waals surface area contributed by atoms with E-state index < -0.39 is 11.7 Å². The fraction of sp³-hybridized carbons (Fsp3) is 0.733. The molecule has 2 rings (SSSR count). The molecule has 0 unspecified atom stereocenters. The van der Waals surface area contributed by atoms with Crippen molar-refractivity contribution in [2.75, 3.05) is 11.9 Å². The molecule has 1 aromatic heterocycles. The Morgan fingerprint density at radius 3 is 2.57 bits per heavy atom. The second-order valence-corrected chi connectivity index (χ2v) is 8.27. The number of nitrogens with one attached hydrogen (secondary N) is 1. The summed E-state index contributed by atoms with van der Waals surface area (Å²) in [6, 6.07) is 0. The standard InChI is InChI=1S/C15H25N3O2S/c1-8-11(10-9(7-16)15(10,5)6)21-12(17-8)18-13(19)20-14(2,3)4/h9-10H,7,16H2,1-6H3,(H,17,18,19)/t9-,10+/m0/s1. The van der Waals surface area contributed by atoms with E-state index in [9.17, 15) is 4.79 Å². The van der Waals surface area contributed by atoms with E-state index in [1.807, 2.05) is 27.7 Å². The van der Waals surface area contributed by atoms with E-state index in [0.717, 1.165) is 5.69 Å². The number of nitrogens with two attached hydrogens (primary N) is 1. The number of thiazole rings is 1. The summed E-state index contributed by atoms with van der Waals surface area (Å²) in [6.45, 7) is 12.6. The molecule has 1 fully saturated rings. The lowest BCUT2D eigenvalue weighted by molar-refractivity contribution is 0.0636. The Hall–Kier alpha value is -1.14. The van der Waals surface area contributed by atoms with Gasteiger partial charge in [-0.1, -0.05) is 13.8 Å². The molecule has 0 bridgehead atoms. The normalized spacial score (nSPS) is 23.8. The Morgan fingerprint density at radius 1 is 1.48 bits per heavy atom. The fourth-order valence-corrected chi connectivity index (χ4v) is 4.16. The van der Waals surface area contributed by atoms with E-state index in [2.05, 4.69) is 24.1 Å². The number of hydrogen-bond acceptors (Lipinski definition) is 5. The molecular formula is C15H25N3O2S. The molecule has 5 nitrogen and oxygen atoms in total. The van der Waals surface area contributed by atoms with Gasteiger partial charge in [0.05, 0.1) is 5.69 Å². The van der Waals surface area contributed by atoms with Gasteiger partial charge in [-0.25, -0.2) is 9.78 Å². The van der Waals surface area contributed by atoms with Crippen molar-refractivity contribution in [2.45, 2.75) is 53.1 Å². The van der Waals surface area contributed by atoms with Crippen LogP contribution in [0.2, 0.25) is 0 Å². The van der Waals surface area contributed by atoms with Crippen LogP contribution in [-0.2, 0) is 4.74 Å². The van der Waals surface area contributed by atoms with Crippen molar-refractivity contribution < 1.29 is 9.53 Å². The number of anilines is 1. The van der Waals surface area contributed by atoms with E-state index in [1.165, 1.54) is 16.2 Å². The minimum absolute atomic E-state index is 0.217. The summed E-state index contributed by atoms with van der Waals surface area (Å²) in [5.74, 6) is 0.931. The maximum Gasteiger partial charge on any atom is 0.413 e. The molecule has 0 aromatic carbocycles. The number of ether oxygens (including phenoxy) is 1. The van der Waals surface area contributed by atoms with E-state index >= 15 is 0 Å². The summed E-state index contributed by atoms with van der Waals surface area (Å²) in [5, 5.41) is 3.31. The van der Waals surface area contributed by atoms with Crippen molar-refractivity contribution in [3.63, 3.8) is 0 Å². The summed E-state index contributed by atoms with van der Waals surface area (Å²) in [4.78, 5) is 17.5. The fourth-order valence-electron chi connectivity index (χ4n) is 2.85. The summed E-state index contributed by atoms with van der Waals surface area (Å²) in [7, 11) is 0. The molecule has 118 valence electrons. The highest BCUT2D eigenvalue weighted by atomic mass is 32.1. The Labute approximate surface area is 130 Å². The summed E-state index contributed by atoms with van der Waals surface area (Å²) < 4.78 is 5.25. The van der Waals surface area contributed by atoms with Crippen LogP contribution in [0.3, 0.4) is 0 Å². The lowest BCUT2D eigenvalue weighted by atomic mass is 10.1. The minimum atomic E-state index is -0.512. The molecule has 0 saturated heterocycles. The first kappa shape index (κ1) is 16.2. The number of rotatable bonds is 3. The number of carbonyl (C=O) groups is 1. The van der Waals surface area contributed by atoms with Crippen LogP contribution in [0.5, 0.6) is 0 Å². The molecule has 0 aliphatic heterocycles. The molecule has 3 N–H and O–H groups in total. The quantitative estimate of drug-likeness (QED) is 0.895. The zero-order valence-electron chi connectivity index (χ0n) is 13.6. The number of aromatic nitrogens is 1. The zero-order valence-corrected chi connectivity index (χ0v) is 14.4. The lowest BCUT2D eigenvalue weighted by Crippen LogP contribution is -2.27. The van der Waals surface area contributed by atoms with Gasteiger partial charge in [-0.2, -0.15) is 0 Å². The largest absolute Gasteiger partial charge is 0.444 e.